The summed E-state index contributed by atoms with van der Waals surface area (Å²) in [4.78, 5) is 12.3. The fraction of sp³-hybridized carbons (Fsp3) is 0.188. The second kappa shape index (κ2) is 6.57. The summed E-state index contributed by atoms with van der Waals surface area (Å²) in [5.74, 6) is -6.56. The standard InChI is InChI=1S/C16H12F5NO3P2/c1-22-6-3-5(8(26)4-7(6)25-16(20,21)15(22)23)9-10(17)12(19)14(27)13(24-2)11(9)18/h3-4H,26-27H2,1-2H3. The Morgan fingerprint density at radius 3 is 2.33 bits per heavy atom. The van der Waals surface area contributed by atoms with Crippen LogP contribution in [0.15, 0.2) is 12.1 Å². The molecule has 3 rings (SSSR count). The molecule has 11 heteroatoms. The fourth-order valence-corrected chi connectivity index (χ4v) is 3.47. The summed E-state index contributed by atoms with van der Waals surface area (Å²) < 4.78 is 79.9. The monoisotopic (exact) mass is 423 g/mol. The molecular weight excluding hydrogens is 411 g/mol. The molecule has 1 aliphatic rings. The highest BCUT2D eigenvalue weighted by Crippen LogP contribution is 2.42. The number of nitrogens with zero attached hydrogens (tertiary/aromatic N) is 1. The summed E-state index contributed by atoms with van der Waals surface area (Å²) in [6, 6.07) is 2.12. The molecule has 0 radical (unpaired) electrons. The fourth-order valence-electron chi connectivity index (χ4n) is 2.72. The molecular formula is C16H12F5NO3P2. The molecule has 1 aliphatic heterocycles. The van der Waals surface area contributed by atoms with Crippen molar-refractivity contribution in [3.8, 4) is 22.6 Å². The van der Waals surface area contributed by atoms with Gasteiger partial charge in [0.05, 0.1) is 23.7 Å². The predicted molar refractivity (Wildman–Crippen MR) is 96.0 cm³/mol. The highest BCUT2D eigenvalue weighted by molar-refractivity contribution is 7.28. The van der Waals surface area contributed by atoms with Gasteiger partial charge in [-0.05, 0) is 23.0 Å². The van der Waals surface area contributed by atoms with Crippen LogP contribution in [0.3, 0.4) is 0 Å². The van der Waals surface area contributed by atoms with E-state index in [0.717, 1.165) is 26.3 Å². The SMILES string of the molecule is COc1c(F)c(-c2cc3c(cc2P)OC(F)(F)C(=O)N3C)c(F)c(F)c1P. The third kappa shape index (κ3) is 2.93. The highest BCUT2D eigenvalue weighted by Gasteiger charge is 2.49. The van der Waals surface area contributed by atoms with Gasteiger partial charge in [-0.25, -0.2) is 13.2 Å². The van der Waals surface area contributed by atoms with Gasteiger partial charge in [-0.2, -0.15) is 8.78 Å². The molecule has 0 bridgehead atoms. The Hall–Kier alpha value is -1.98. The van der Waals surface area contributed by atoms with Gasteiger partial charge in [-0.3, -0.25) is 4.79 Å². The van der Waals surface area contributed by atoms with Crippen LogP contribution in [0.25, 0.3) is 11.1 Å². The molecule has 27 heavy (non-hydrogen) atoms. The summed E-state index contributed by atoms with van der Waals surface area (Å²) in [7, 11) is 6.10. The van der Waals surface area contributed by atoms with Crippen LogP contribution in [-0.2, 0) is 4.79 Å². The maximum absolute atomic E-state index is 14.8. The van der Waals surface area contributed by atoms with Crippen molar-refractivity contribution in [3.63, 3.8) is 0 Å². The lowest BCUT2D eigenvalue weighted by molar-refractivity contribution is -0.192. The van der Waals surface area contributed by atoms with Crippen LogP contribution in [0.1, 0.15) is 0 Å². The lowest BCUT2D eigenvalue weighted by Crippen LogP contribution is -2.49. The van der Waals surface area contributed by atoms with E-state index in [4.69, 9.17) is 4.74 Å². The summed E-state index contributed by atoms with van der Waals surface area (Å²) >= 11 is 0. The Kier molecular flexibility index (Phi) is 4.81. The van der Waals surface area contributed by atoms with Gasteiger partial charge in [0.2, 0.25) is 0 Å². The highest BCUT2D eigenvalue weighted by atomic mass is 31.0. The number of ether oxygens (including phenoxy) is 2. The first kappa shape index (κ1) is 19.8. The van der Waals surface area contributed by atoms with Gasteiger partial charge in [0.15, 0.2) is 29.0 Å². The van der Waals surface area contributed by atoms with Crippen LogP contribution in [0.2, 0.25) is 0 Å². The van der Waals surface area contributed by atoms with Crippen LogP contribution in [0.4, 0.5) is 27.6 Å². The Balaban J connectivity index is 2.30. The largest absolute Gasteiger partial charge is 0.493 e. The number of likely N-dealkylation sites (N-methyl/N-ethyl adjacent to an activating group) is 1. The van der Waals surface area contributed by atoms with Crippen molar-refractivity contribution in [1.29, 1.82) is 0 Å². The van der Waals surface area contributed by atoms with E-state index in [9.17, 15) is 26.7 Å². The molecule has 2 unspecified atom stereocenters. The van der Waals surface area contributed by atoms with Crippen LogP contribution < -0.4 is 25.0 Å². The lowest BCUT2D eigenvalue weighted by atomic mass is 10.0. The molecule has 0 saturated heterocycles. The Bertz CT molecular complexity index is 984. The molecule has 1 amide bonds. The van der Waals surface area contributed by atoms with Crippen LogP contribution in [0.5, 0.6) is 11.5 Å². The summed E-state index contributed by atoms with van der Waals surface area (Å²) in [6.45, 7) is 0. The molecule has 0 spiro atoms. The smallest absolute Gasteiger partial charge is 0.482 e. The van der Waals surface area contributed by atoms with Gasteiger partial charge in [-0.1, -0.05) is 9.24 Å². The van der Waals surface area contributed by atoms with Crippen molar-refractivity contribution < 1.29 is 36.2 Å². The Morgan fingerprint density at radius 2 is 1.74 bits per heavy atom. The predicted octanol–water partition coefficient (Wildman–Crippen LogP) is 2.73. The van der Waals surface area contributed by atoms with E-state index in [1.54, 1.807) is 0 Å². The number of hydrogen-bond acceptors (Lipinski definition) is 3. The number of fused-ring (bicyclic) bond motifs is 1. The minimum absolute atomic E-state index is 0.0445. The number of methoxy groups -OCH3 is 1. The van der Waals surface area contributed by atoms with Crippen molar-refractivity contribution in [2.45, 2.75) is 6.11 Å². The number of carbonyl (C=O) groups is 1. The number of rotatable bonds is 2. The molecule has 0 fully saturated rings. The summed E-state index contributed by atoms with van der Waals surface area (Å²) in [5, 5.41) is -0.391. The lowest BCUT2D eigenvalue weighted by Gasteiger charge is -2.31. The quantitative estimate of drug-likeness (QED) is 0.424. The summed E-state index contributed by atoms with van der Waals surface area (Å²) in [5.41, 5.74) is -1.09. The van der Waals surface area contributed by atoms with Gasteiger partial charge < -0.3 is 14.4 Å². The third-order valence-electron chi connectivity index (χ3n) is 4.07. The first-order chi connectivity index (χ1) is 12.5. The van der Waals surface area contributed by atoms with E-state index in [0.29, 0.717) is 4.90 Å². The molecule has 0 N–H and O–H groups in total. The molecule has 1 heterocycles. The Morgan fingerprint density at radius 1 is 1.11 bits per heavy atom. The van der Waals surface area contributed by atoms with E-state index in [2.05, 4.69) is 14.0 Å². The van der Waals surface area contributed by atoms with Crippen molar-refractivity contribution in [2.24, 2.45) is 0 Å². The number of carbonyl (C=O) groups excluding carboxylic acids is 1. The second-order valence-corrected chi connectivity index (χ2v) is 6.85. The number of alkyl halides is 2. The van der Waals surface area contributed by atoms with Crippen LogP contribution >= 0.6 is 18.5 Å². The molecule has 0 aromatic heterocycles. The average Bonchev–Trinajstić information content (AvgIpc) is 2.59. The molecule has 0 aliphatic carbocycles. The van der Waals surface area contributed by atoms with E-state index in [1.807, 2.05) is 9.24 Å². The zero-order chi connectivity index (χ0) is 20.3. The van der Waals surface area contributed by atoms with Crippen molar-refractivity contribution in [1.82, 2.24) is 0 Å². The average molecular weight is 423 g/mol. The molecule has 144 valence electrons. The zero-order valence-corrected chi connectivity index (χ0v) is 16.2. The van der Waals surface area contributed by atoms with Crippen LogP contribution in [-0.4, -0.2) is 26.2 Å². The van der Waals surface area contributed by atoms with Crippen LogP contribution in [0, 0.1) is 17.5 Å². The van der Waals surface area contributed by atoms with E-state index < -0.39 is 46.1 Å². The van der Waals surface area contributed by atoms with E-state index in [-0.39, 0.29) is 22.3 Å². The topological polar surface area (TPSA) is 38.8 Å². The zero-order valence-electron chi connectivity index (χ0n) is 13.9. The molecule has 0 saturated carbocycles. The molecule has 4 nitrogen and oxygen atoms in total. The van der Waals surface area contributed by atoms with E-state index in [1.165, 1.54) is 0 Å². The molecule has 2 aromatic carbocycles. The number of benzene rings is 2. The van der Waals surface area contributed by atoms with Gasteiger partial charge >= 0.3 is 12.0 Å². The van der Waals surface area contributed by atoms with E-state index >= 15 is 0 Å². The number of amides is 1. The Labute approximate surface area is 155 Å². The third-order valence-corrected chi connectivity index (χ3v) is 5.06. The minimum Gasteiger partial charge on any atom is -0.493 e. The van der Waals surface area contributed by atoms with Gasteiger partial charge in [0.1, 0.15) is 0 Å². The first-order valence-corrected chi connectivity index (χ1v) is 8.45. The summed E-state index contributed by atoms with van der Waals surface area (Å²) in [6.07, 6.45) is -4.08. The molecule has 2 atom stereocenters. The maximum atomic E-state index is 14.8. The first-order valence-electron chi connectivity index (χ1n) is 7.30. The maximum Gasteiger partial charge on any atom is 0.482 e. The van der Waals surface area contributed by atoms with Gasteiger partial charge in [0, 0.05) is 7.05 Å². The second-order valence-electron chi connectivity index (χ2n) is 5.65. The number of hydrogen-bond donors (Lipinski definition) is 0. The number of anilines is 1. The van der Waals surface area contributed by atoms with Crippen molar-refractivity contribution >= 4 is 40.7 Å². The van der Waals surface area contributed by atoms with Gasteiger partial charge in [-0.15, -0.1) is 9.24 Å². The van der Waals surface area contributed by atoms with Crippen molar-refractivity contribution in [2.75, 3.05) is 19.1 Å². The minimum atomic E-state index is -4.08. The normalized spacial score (nSPS) is 15.4. The molecule has 2 aromatic rings. The van der Waals surface area contributed by atoms with Gasteiger partial charge in [0.25, 0.3) is 0 Å². The van der Waals surface area contributed by atoms with Crippen molar-refractivity contribution in [3.05, 3.63) is 29.6 Å². The number of halogens is 5.